The average molecular weight is 1140 g/mol. The fourth-order valence-electron chi connectivity index (χ4n) is 10.8. The van der Waals surface area contributed by atoms with Crippen LogP contribution in [0.1, 0.15) is 273 Å². The maximum absolute atomic E-state index is 11.6. The molecule has 0 spiro atoms. The van der Waals surface area contributed by atoms with Crippen molar-refractivity contribution in [3.63, 3.8) is 0 Å². The number of phenols is 4. The molecule has 0 fully saturated rings. The maximum Gasteiger partial charge on any atom is 0.697 e. The minimum atomic E-state index is -2.10. The Balaban J connectivity index is 0.000000613. The molecule has 0 saturated heterocycles. The molecule has 0 heterocycles. The van der Waals surface area contributed by atoms with E-state index in [2.05, 4.69) is 223 Å². The van der Waals surface area contributed by atoms with E-state index in [1.807, 2.05) is 12.1 Å². The predicted octanol–water partition coefficient (Wildman–Crippen LogP) is 19.1. The van der Waals surface area contributed by atoms with Gasteiger partial charge in [0.05, 0.1) is 0 Å². The summed E-state index contributed by atoms with van der Waals surface area (Å²) in [5.74, 6) is 1.56. The second kappa shape index (κ2) is 25.4. The number of hydrogen-bond acceptors (Lipinski definition) is 7. The molecule has 4 N–H and O–H groups in total. The third-order valence-electron chi connectivity index (χ3n) is 15.6. The van der Waals surface area contributed by atoms with Crippen LogP contribution in [0.4, 0.5) is 0 Å². The largest absolute Gasteiger partial charge is 0.697 e. The van der Waals surface area contributed by atoms with E-state index in [-0.39, 0.29) is 87.7 Å². The Kier molecular flexibility index (Phi) is 22.5. The number of aromatic hydroxyl groups is 4. The Morgan fingerprint density at radius 2 is 0.512 bits per heavy atom. The molecule has 5 rings (SSSR count). The molecule has 0 bridgehead atoms. The summed E-state index contributed by atoms with van der Waals surface area (Å²) in [7, 11) is -2.10. The Morgan fingerprint density at radius 1 is 0.338 bits per heavy atom. The van der Waals surface area contributed by atoms with Crippen LogP contribution in [0.3, 0.4) is 0 Å². The first kappa shape index (κ1) is 70.8. The Hall–Kier alpha value is -3.42. The zero-order valence-electron chi connectivity index (χ0n) is 55.3. The van der Waals surface area contributed by atoms with E-state index in [1.165, 1.54) is 50.1 Å². The molecule has 7 nitrogen and oxygen atoms in total. The molecule has 0 aliphatic rings. The Morgan fingerprint density at radius 3 is 0.675 bits per heavy atom. The van der Waals surface area contributed by atoms with Crippen LogP contribution in [0.25, 0.3) is 0 Å². The third-order valence-corrected chi connectivity index (χ3v) is 16.4. The van der Waals surface area contributed by atoms with Crippen molar-refractivity contribution in [2.75, 3.05) is 6.61 Å². The normalized spacial score (nSPS) is 13.2. The van der Waals surface area contributed by atoms with Crippen molar-refractivity contribution >= 4 is 46.0 Å². The molecule has 0 saturated carbocycles. The summed E-state index contributed by atoms with van der Waals surface area (Å²) in [5, 5.41) is 45.5. The van der Waals surface area contributed by atoms with Crippen LogP contribution in [0.2, 0.25) is 0 Å². The molecule has 438 valence electrons. The van der Waals surface area contributed by atoms with E-state index in [4.69, 9.17) is 9.05 Å². The molecular weight excluding hydrogens is 1040 g/mol. The van der Waals surface area contributed by atoms with Crippen LogP contribution >= 0.6 is 8.25 Å². The minimum absolute atomic E-state index is 0. The van der Waals surface area contributed by atoms with Crippen molar-refractivity contribution in [3.05, 3.63) is 149 Å². The van der Waals surface area contributed by atoms with Gasteiger partial charge in [0.2, 0.25) is 0 Å². The molecule has 0 aromatic heterocycles. The van der Waals surface area contributed by atoms with Crippen molar-refractivity contribution in [1.29, 1.82) is 0 Å². The van der Waals surface area contributed by atoms with Crippen LogP contribution in [0.15, 0.2) is 48.5 Å². The van der Waals surface area contributed by atoms with Crippen molar-refractivity contribution < 1.29 is 34.0 Å². The average Bonchev–Trinajstić information content (AvgIpc) is 3.26. The first-order chi connectivity index (χ1) is 35.5. The summed E-state index contributed by atoms with van der Waals surface area (Å²) in [4.78, 5) is 0. The van der Waals surface area contributed by atoms with Gasteiger partial charge in [-0.05, 0) is 203 Å². The Labute approximate surface area is 517 Å². The predicted molar refractivity (Wildman–Crippen MR) is 341 cm³/mol. The maximum atomic E-state index is 11.6. The monoisotopic (exact) mass is 1140 g/mol. The van der Waals surface area contributed by atoms with Gasteiger partial charge in [0.1, 0.15) is 36.2 Å². The van der Waals surface area contributed by atoms with Gasteiger partial charge < -0.3 is 20.4 Å². The van der Waals surface area contributed by atoms with Gasteiger partial charge in [0, 0.05) is 42.3 Å². The molecule has 5 aromatic carbocycles. The number of phenolic OH excluding ortho intramolecular Hbond substituents is 4. The zero-order valence-corrected chi connectivity index (χ0v) is 58.4. The second-order valence-corrected chi connectivity index (χ2v) is 31.9. The summed E-state index contributed by atoms with van der Waals surface area (Å²) >= 11 is 0. The fraction of sp³-hybridized carbons (Fsp3) is 0.577. The summed E-state index contributed by atoms with van der Waals surface area (Å²) in [6, 6.07) is 17.2. The molecular formula is C71H106CaO7P+. The van der Waals surface area contributed by atoms with Gasteiger partial charge in [-0.25, -0.2) is 0 Å². The van der Waals surface area contributed by atoms with E-state index in [0.717, 1.165) is 69.3 Å². The van der Waals surface area contributed by atoms with Gasteiger partial charge in [0.15, 0.2) is 0 Å². The van der Waals surface area contributed by atoms with Crippen LogP contribution < -0.4 is 0 Å². The molecule has 0 aliphatic heterocycles. The number of rotatable bonds is 11. The van der Waals surface area contributed by atoms with Crippen molar-refractivity contribution in [3.8, 4) is 23.0 Å². The van der Waals surface area contributed by atoms with Gasteiger partial charge in [-0.2, -0.15) is 0 Å². The first-order valence-corrected chi connectivity index (χ1v) is 29.9. The van der Waals surface area contributed by atoms with E-state index >= 15 is 0 Å². The molecule has 5 aromatic rings. The van der Waals surface area contributed by atoms with Crippen molar-refractivity contribution in [2.45, 2.75) is 263 Å². The summed E-state index contributed by atoms with van der Waals surface area (Å²) in [6.07, 6.45) is 2.24. The summed E-state index contributed by atoms with van der Waals surface area (Å²) in [6.45, 7) is 60.8. The topological polar surface area (TPSA) is 116 Å². The SMILES string of the molecule is CCO[P+](=O)OCc1cc(C(C)(C)C)c(O)c(C(C)(C)C)c1.Cc1c(Cc2cc(C(C)(C)C)c(O)c(C(C)(C)C)c2)c(C)c(Cc2cc(C(C)(C)C)c(O)c(C(C)(C)C)c2)c(C)c1Cc1cc(C(C)(C)C)c(O)c(C(C)(C)C)c1.[Ca]. The van der Waals surface area contributed by atoms with Gasteiger partial charge in [-0.3, -0.25) is 0 Å². The van der Waals surface area contributed by atoms with Crippen molar-refractivity contribution in [2.24, 2.45) is 0 Å². The van der Waals surface area contributed by atoms with Gasteiger partial charge in [-0.15, -0.1) is 9.05 Å². The van der Waals surface area contributed by atoms with E-state index in [9.17, 15) is 25.0 Å². The molecule has 0 aliphatic carbocycles. The van der Waals surface area contributed by atoms with Crippen LogP contribution in [0.5, 0.6) is 23.0 Å². The molecule has 1 atom stereocenters. The van der Waals surface area contributed by atoms with Gasteiger partial charge in [-0.1, -0.05) is 203 Å². The Bertz CT molecular complexity index is 2620. The smallest absolute Gasteiger partial charge is 0.507 e. The van der Waals surface area contributed by atoms with E-state index in [0.29, 0.717) is 29.6 Å². The summed E-state index contributed by atoms with van der Waals surface area (Å²) < 4.78 is 21.7. The number of hydrogen-bond donors (Lipinski definition) is 4. The van der Waals surface area contributed by atoms with Crippen LogP contribution in [-0.2, 0) is 82.8 Å². The second-order valence-electron chi connectivity index (χ2n) is 30.9. The van der Waals surface area contributed by atoms with Crippen LogP contribution in [0, 0.1) is 20.8 Å². The van der Waals surface area contributed by atoms with E-state index < -0.39 is 8.25 Å². The fourth-order valence-corrected chi connectivity index (χ4v) is 11.3. The van der Waals surface area contributed by atoms with Crippen LogP contribution in [-0.4, -0.2) is 64.8 Å². The van der Waals surface area contributed by atoms with E-state index in [1.54, 1.807) is 6.92 Å². The first-order valence-electron chi connectivity index (χ1n) is 28.8. The molecule has 80 heavy (non-hydrogen) atoms. The quantitative estimate of drug-likeness (QED) is 0.0769. The zero-order chi connectivity index (χ0) is 60.9. The molecule has 0 amide bonds. The molecule has 1 unspecified atom stereocenters. The van der Waals surface area contributed by atoms with Gasteiger partial charge >= 0.3 is 8.25 Å². The van der Waals surface area contributed by atoms with Gasteiger partial charge in [0.25, 0.3) is 0 Å². The standard InChI is InChI=1S/C54H78O3.C17H27O4P.Ca/c1-31-37(22-34-25-40(49(4,5)6)46(55)41(26-34)50(7,8)9)32(2)39(24-36-29-44(53(16,17)18)48(57)45(30-36)54(19,20)21)33(3)38(31)23-35-27-42(51(10,11)12)47(56)43(28-35)52(13,14)15;1-8-20-22(19)21-11-12-9-13(16(2,3)4)15(18)14(10-12)17(5,6)7;/h25-30,55-57H,22-24H2,1-21H3;9-10H,8,11H2,1-7H3;/p+1. The number of benzene rings is 5. The van der Waals surface area contributed by atoms with Crippen molar-refractivity contribution in [1.82, 2.24) is 0 Å². The summed E-state index contributed by atoms with van der Waals surface area (Å²) in [5.41, 5.74) is 18.3. The molecule has 9 heteroatoms. The molecule has 2 radical (unpaired) electrons. The minimum Gasteiger partial charge on any atom is -0.507 e. The third kappa shape index (κ3) is 17.3.